The van der Waals surface area contributed by atoms with Crippen LogP contribution in [0.2, 0.25) is 0 Å². The molecule has 0 aliphatic carbocycles. The third kappa shape index (κ3) is 3.35. The number of hydrogen-bond acceptors (Lipinski definition) is 5. The first kappa shape index (κ1) is 15.9. The van der Waals surface area contributed by atoms with Crippen LogP contribution in [0.15, 0.2) is 23.6 Å². The summed E-state index contributed by atoms with van der Waals surface area (Å²) in [5, 5.41) is 8.33. The molecule has 1 fully saturated rings. The fourth-order valence-electron chi connectivity index (χ4n) is 2.39. The van der Waals surface area contributed by atoms with Gasteiger partial charge >= 0.3 is 0 Å². The molecule has 3 rings (SSSR count). The van der Waals surface area contributed by atoms with Crippen LogP contribution in [-0.4, -0.2) is 31.1 Å². The first-order valence-corrected chi connectivity index (χ1v) is 8.27. The van der Waals surface area contributed by atoms with Crippen molar-refractivity contribution >= 4 is 22.4 Å². The molecule has 2 heterocycles. The Morgan fingerprint density at radius 3 is 2.91 bits per heavy atom. The first-order valence-electron chi connectivity index (χ1n) is 7.39. The summed E-state index contributed by atoms with van der Waals surface area (Å²) in [6, 6.07) is 4.68. The summed E-state index contributed by atoms with van der Waals surface area (Å²) >= 11 is 1.33. The van der Waals surface area contributed by atoms with Gasteiger partial charge in [0.05, 0.1) is 12.8 Å². The number of halogens is 1. The summed E-state index contributed by atoms with van der Waals surface area (Å²) in [5.41, 5.74) is 1.28. The number of hydrogen-bond donors (Lipinski definition) is 2. The van der Waals surface area contributed by atoms with Crippen molar-refractivity contribution in [2.45, 2.75) is 6.92 Å². The number of anilines is 1. The zero-order chi connectivity index (χ0) is 16.4. The maximum Gasteiger partial charge on any atom is 0.229 e. The Hall–Kier alpha value is -1.99. The Bertz CT molecular complexity index is 715. The van der Waals surface area contributed by atoms with Gasteiger partial charge in [-0.3, -0.25) is 4.79 Å². The number of benzene rings is 1. The second-order valence-electron chi connectivity index (χ2n) is 5.58. The van der Waals surface area contributed by atoms with Gasteiger partial charge in [-0.15, -0.1) is 11.3 Å². The van der Waals surface area contributed by atoms with Crippen LogP contribution < -0.4 is 15.4 Å². The summed E-state index contributed by atoms with van der Waals surface area (Å²) in [6.45, 7) is 3.68. The zero-order valence-electron chi connectivity index (χ0n) is 12.9. The molecule has 7 heteroatoms. The number of aromatic nitrogens is 1. The van der Waals surface area contributed by atoms with Gasteiger partial charge in [-0.1, -0.05) is 6.92 Å². The Balaban J connectivity index is 1.70. The van der Waals surface area contributed by atoms with Crippen LogP contribution in [0.25, 0.3) is 11.3 Å². The summed E-state index contributed by atoms with van der Waals surface area (Å²) in [5.74, 6) is 0.0561. The van der Waals surface area contributed by atoms with Gasteiger partial charge < -0.3 is 15.4 Å². The van der Waals surface area contributed by atoms with Crippen LogP contribution >= 0.6 is 11.3 Å². The predicted molar refractivity (Wildman–Crippen MR) is 88.2 cm³/mol. The normalized spacial score (nSPS) is 15.8. The maximum atomic E-state index is 13.8. The SMILES string of the molecule is COc1ccc(-c2csc(NC(=O)C(C)C3CNC3)n2)cc1F. The molecule has 1 aromatic carbocycles. The molecule has 1 aromatic heterocycles. The van der Waals surface area contributed by atoms with Crippen molar-refractivity contribution in [2.75, 3.05) is 25.5 Å². The molecule has 23 heavy (non-hydrogen) atoms. The molecular weight excluding hydrogens is 317 g/mol. The Kier molecular flexibility index (Phi) is 4.58. The zero-order valence-corrected chi connectivity index (χ0v) is 13.7. The Labute approximate surface area is 137 Å². The van der Waals surface area contributed by atoms with Crippen LogP contribution in [0, 0.1) is 17.7 Å². The van der Waals surface area contributed by atoms with Crippen molar-refractivity contribution in [1.82, 2.24) is 10.3 Å². The van der Waals surface area contributed by atoms with Crippen molar-refractivity contribution in [3.8, 4) is 17.0 Å². The highest BCUT2D eigenvalue weighted by Gasteiger charge is 2.29. The van der Waals surface area contributed by atoms with Gasteiger partial charge in [0.25, 0.3) is 0 Å². The average molecular weight is 335 g/mol. The lowest BCUT2D eigenvalue weighted by Gasteiger charge is -2.31. The lowest BCUT2D eigenvalue weighted by Crippen LogP contribution is -2.48. The summed E-state index contributed by atoms with van der Waals surface area (Å²) in [6.07, 6.45) is 0. The van der Waals surface area contributed by atoms with Gasteiger partial charge in [-0.25, -0.2) is 9.37 Å². The predicted octanol–water partition coefficient (Wildman–Crippen LogP) is 2.75. The highest BCUT2D eigenvalue weighted by molar-refractivity contribution is 7.14. The van der Waals surface area contributed by atoms with E-state index in [2.05, 4.69) is 15.6 Å². The minimum absolute atomic E-state index is 0.0293. The Morgan fingerprint density at radius 2 is 2.30 bits per heavy atom. The topological polar surface area (TPSA) is 63.2 Å². The lowest BCUT2D eigenvalue weighted by molar-refractivity contribution is -0.121. The van der Waals surface area contributed by atoms with Crippen molar-refractivity contribution in [3.63, 3.8) is 0 Å². The fourth-order valence-corrected chi connectivity index (χ4v) is 3.11. The van der Waals surface area contributed by atoms with Crippen LogP contribution in [0.3, 0.4) is 0 Å². The van der Waals surface area contributed by atoms with E-state index in [-0.39, 0.29) is 17.6 Å². The van der Waals surface area contributed by atoms with Crippen molar-refractivity contribution in [2.24, 2.45) is 11.8 Å². The van der Waals surface area contributed by atoms with E-state index in [0.717, 1.165) is 13.1 Å². The maximum absolute atomic E-state index is 13.8. The second kappa shape index (κ2) is 6.64. The van der Waals surface area contributed by atoms with E-state index in [0.29, 0.717) is 22.3 Å². The molecule has 1 aliphatic rings. The molecule has 2 N–H and O–H groups in total. The molecule has 1 unspecified atom stereocenters. The molecule has 0 radical (unpaired) electrons. The van der Waals surface area contributed by atoms with Gasteiger partial charge in [0.1, 0.15) is 0 Å². The highest BCUT2D eigenvalue weighted by Crippen LogP contribution is 2.29. The summed E-state index contributed by atoms with van der Waals surface area (Å²) in [4.78, 5) is 16.5. The quantitative estimate of drug-likeness (QED) is 0.882. The van der Waals surface area contributed by atoms with Gasteiger partial charge in [-0.05, 0) is 37.2 Å². The van der Waals surface area contributed by atoms with Gasteiger partial charge in [0, 0.05) is 16.9 Å². The van der Waals surface area contributed by atoms with Crippen molar-refractivity contribution < 1.29 is 13.9 Å². The van der Waals surface area contributed by atoms with E-state index in [9.17, 15) is 9.18 Å². The standard InChI is InChI=1S/C16H18FN3O2S/c1-9(11-6-18-7-11)15(21)20-16-19-13(8-23-16)10-3-4-14(22-2)12(17)5-10/h3-5,8-9,11,18H,6-7H2,1-2H3,(H,19,20,21). The fraction of sp³-hybridized carbons (Fsp3) is 0.375. The number of ether oxygens (including phenoxy) is 1. The summed E-state index contributed by atoms with van der Waals surface area (Å²) in [7, 11) is 1.42. The van der Waals surface area contributed by atoms with Crippen molar-refractivity contribution in [1.29, 1.82) is 0 Å². The molecule has 1 atom stereocenters. The van der Waals surface area contributed by atoms with Crippen LogP contribution in [0.5, 0.6) is 5.75 Å². The molecule has 0 saturated carbocycles. The van der Waals surface area contributed by atoms with E-state index in [1.165, 1.54) is 24.5 Å². The molecule has 1 aliphatic heterocycles. The number of thiazole rings is 1. The smallest absolute Gasteiger partial charge is 0.229 e. The number of amides is 1. The molecule has 1 amide bonds. The molecular formula is C16H18FN3O2S. The average Bonchev–Trinajstić information content (AvgIpc) is 2.93. The van der Waals surface area contributed by atoms with Gasteiger partial charge in [0.15, 0.2) is 16.7 Å². The second-order valence-corrected chi connectivity index (χ2v) is 6.44. The molecule has 1 saturated heterocycles. The minimum Gasteiger partial charge on any atom is -0.494 e. The molecule has 0 bridgehead atoms. The number of nitrogens with one attached hydrogen (secondary N) is 2. The molecule has 0 spiro atoms. The third-order valence-corrected chi connectivity index (χ3v) is 4.87. The van der Waals surface area contributed by atoms with Crippen LogP contribution in [-0.2, 0) is 4.79 Å². The molecule has 2 aromatic rings. The lowest BCUT2D eigenvalue weighted by atomic mass is 9.88. The minimum atomic E-state index is -0.435. The van der Waals surface area contributed by atoms with E-state index in [1.807, 2.05) is 6.92 Å². The molecule has 122 valence electrons. The van der Waals surface area contributed by atoms with Crippen LogP contribution in [0.4, 0.5) is 9.52 Å². The monoisotopic (exact) mass is 335 g/mol. The van der Waals surface area contributed by atoms with Gasteiger partial charge in [-0.2, -0.15) is 0 Å². The van der Waals surface area contributed by atoms with E-state index >= 15 is 0 Å². The van der Waals surface area contributed by atoms with E-state index < -0.39 is 5.82 Å². The number of nitrogens with zero attached hydrogens (tertiary/aromatic N) is 1. The Morgan fingerprint density at radius 1 is 1.52 bits per heavy atom. The molecule has 5 nitrogen and oxygen atoms in total. The summed E-state index contributed by atoms with van der Waals surface area (Å²) < 4.78 is 18.7. The number of methoxy groups -OCH3 is 1. The number of carbonyl (C=O) groups is 1. The highest BCUT2D eigenvalue weighted by atomic mass is 32.1. The van der Waals surface area contributed by atoms with Crippen LogP contribution in [0.1, 0.15) is 6.92 Å². The van der Waals surface area contributed by atoms with E-state index in [4.69, 9.17) is 4.74 Å². The first-order chi connectivity index (χ1) is 11.1. The van der Waals surface area contributed by atoms with Crippen molar-refractivity contribution in [3.05, 3.63) is 29.4 Å². The van der Waals surface area contributed by atoms with E-state index in [1.54, 1.807) is 17.5 Å². The van der Waals surface area contributed by atoms with Gasteiger partial charge in [0.2, 0.25) is 5.91 Å². The third-order valence-electron chi connectivity index (χ3n) is 4.12. The number of carbonyl (C=O) groups excluding carboxylic acids is 1. The number of rotatable bonds is 5. The largest absolute Gasteiger partial charge is 0.494 e.